The summed E-state index contributed by atoms with van der Waals surface area (Å²) in [5.74, 6) is -0.0543. The molecule has 0 radical (unpaired) electrons. The smallest absolute Gasteiger partial charge is 0.251 e. The van der Waals surface area contributed by atoms with Gasteiger partial charge in [0.15, 0.2) is 0 Å². The van der Waals surface area contributed by atoms with E-state index in [-0.39, 0.29) is 18.4 Å². The summed E-state index contributed by atoms with van der Waals surface area (Å²) < 4.78 is 5.39. The van der Waals surface area contributed by atoms with Crippen LogP contribution in [0.2, 0.25) is 0 Å². The zero-order valence-electron chi connectivity index (χ0n) is 12.9. The average molecular weight is 313 g/mol. The molecule has 0 aliphatic heterocycles. The Balaban J connectivity index is 1.81. The molecule has 2 N–H and O–H groups in total. The lowest BCUT2D eigenvalue weighted by molar-refractivity contribution is -0.120. The highest BCUT2D eigenvalue weighted by atomic mass is 16.5. The van der Waals surface area contributed by atoms with Crippen LogP contribution in [0.1, 0.15) is 22.8 Å². The van der Waals surface area contributed by atoms with Gasteiger partial charge in [-0.25, -0.2) is 4.98 Å². The number of rotatable bonds is 7. The first kappa shape index (κ1) is 16.5. The van der Waals surface area contributed by atoms with Crippen molar-refractivity contribution in [1.29, 1.82) is 0 Å². The molecule has 2 aromatic rings. The molecule has 0 aliphatic carbocycles. The zero-order chi connectivity index (χ0) is 16.5. The first-order valence-corrected chi connectivity index (χ1v) is 7.37. The quantitative estimate of drug-likeness (QED) is 0.812. The number of carbonyl (C=O) groups excluding carboxylic acids is 2. The molecule has 0 spiro atoms. The molecule has 0 saturated heterocycles. The Bertz CT molecular complexity index is 659. The number of amides is 2. The summed E-state index contributed by atoms with van der Waals surface area (Å²) in [6, 6.07) is 12.4. The van der Waals surface area contributed by atoms with E-state index in [4.69, 9.17) is 4.74 Å². The molecule has 6 nitrogen and oxygen atoms in total. The van der Waals surface area contributed by atoms with Gasteiger partial charge < -0.3 is 15.4 Å². The van der Waals surface area contributed by atoms with Gasteiger partial charge in [-0.05, 0) is 25.1 Å². The standard InChI is InChI=1S/C17H19N3O3/c1-2-23-17-14(9-6-10-18-17)11-19-15(21)12-20-16(22)13-7-4-3-5-8-13/h3-10H,2,11-12H2,1H3,(H,19,21)(H,20,22). The number of nitrogens with one attached hydrogen (secondary N) is 2. The van der Waals surface area contributed by atoms with Crippen LogP contribution < -0.4 is 15.4 Å². The largest absolute Gasteiger partial charge is 0.478 e. The zero-order valence-corrected chi connectivity index (χ0v) is 12.9. The first-order valence-electron chi connectivity index (χ1n) is 7.37. The Kier molecular flexibility index (Phi) is 6.11. The van der Waals surface area contributed by atoms with Crippen molar-refractivity contribution in [3.05, 3.63) is 59.8 Å². The van der Waals surface area contributed by atoms with E-state index >= 15 is 0 Å². The van der Waals surface area contributed by atoms with Crippen LogP contribution in [-0.4, -0.2) is 29.9 Å². The fourth-order valence-corrected chi connectivity index (χ4v) is 1.93. The predicted octanol–water partition coefficient (Wildman–Crippen LogP) is 1.53. The SMILES string of the molecule is CCOc1ncccc1CNC(=O)CNC(=O)c1ccccc1. The van der Waals surface area contributed by atoms with E-state index in [9.17, 15) is 9.59 Å². The van der Waals surface area contributed by atoms with Crippen LogP contribution in [0.25, 0.3) is 0 Å². The molecular weight excluding hydrogens is 294 g/mol. The topological polar surface area (TPSA) is 80.3 Å². The van der Waals surface area contributed by atoms with Crippen LogP contribution in [0, 0.1) is 0 Å². The van der Waals surface area contributed by atoms with Gasteiger partial charge in [-0.2, -0.15) is 0 Å². The molecule has 0 unspecified atom stereocenters. The molecule has 0 fully saturated rings. The van der Waals surface area contributed by atoms with Crippen molar-refractivity contribution in [3.8, 4) is 5.88 Å². The van der Waals surface area contributed by atoms with Gasteiger partial charge in [0.05, 0.1) is 13.2 Å². The van der Waals surface area contributed by atoms with E-state index in [1.165, 1.54) is 0 Å². The van der Waals surface area contributed by atoms with E-state index in [1.807, 2.05) is 19.1 Å². The molecule has 0 bridgehead atoms. The minimum atomic E-state index is -0.280. The second-order valence-corrected chi connectivity index (χ2v) is 4.73. The summed E-state index contributed by atoms with van der Waals surface area (Å²) in [6.45, 7) is 2.59. The van der Waals surface area contributed by atoms with Crippen molar-refractivity contribution in [2.45, 2.75) is 13.5 Å². The van der Waals surface area contributed by atoms with Crippen molar-refractivity contribution in [3.63, 3.8) is 0 Å². The Labute approximate surface area is 134 Å². The molecule has 120 valence electrons. The lowest BCUT2D eigenvalue weighted by Gasteiger charge is -2.10. The van der Waals surface area contributed by atoms with E-state index in [2.05, 4.69) is 15.6 Å². The Morgan fingerprint density at radius 1 is 1.09 bits per heavy atom. The van der Waals surface area contributed by atoms with E-state index in [1.54, 1.807) is 36.5 Å². The Morgan fingerprint density at radius 2 is 1.87 bits per heavy atom. The molecule has 0 saturated carbocycles. The number of aromatic nitrogens is 1. The molecule has 1 heterocycles. The molecule has 0 aliphatic rings. The van der Waals surface area contributed by atoms with Gasteiger partial charge in [-0.1, -0.05) is 24.3 Å². The third-order valence-corrected chi connectivity index (χ3v) is 3.05. The minimum Gasteiger partial charge on any atom is -0.478 e. The number of hydrogen-bond acceptors (Lipinski definition) is 4. The Morgan fingerprint density at radius 3 is 2.61 bits per heavy atom. The van der Waals surface area contributed by atoms with Crippen LogP contribution in [-0.2, 0) is 11.3 Å². The monoisotopic (exact) mass is 313 g/mol. The number of benzene rings is 1. The van der Waals surface area contributed by atoms with E-state index in [0.717, 1.165) is 5.56 Å². The van der Waals surface area contributed by atoms with Gasteiger partial charge in [-0.3, -0.25) is 9.59 Å². The molecule has 0 atom stereocenters. The molecule has 1 aromatic carbocycles. The summed E-state index contributed by atoms with van der Waals surface area (Å²) in [6.07, 6.45) is 1.64. The van der Waals surface area contributed by atoms with Crippen LogP contribution in [0.15, 0.2) is 48.7 Å². The number of hydrogen-bond donors (Lipinski definition) is 2. The fraction of sp³-hybridized carbons (Fsp3) is 0.235. The summed E-state index contributed by atoms with van der Waals surface area (Å²) in [7, 11) is 0. The maximum atomic E-state index is 11.8. The molecular formula is C17H19N3O3. The molecule has 2 rings (SSSR count). The van der Waals surface area contributed by atoms with Crippen LogP contribution in [0.3, 0.4) is 0 Å². The lowest BCUT2D eigenvalue weighted by Crippen LogP contribution is -2.36. The van der Waals surface area contributed by atoms with Crippen LogP contribution in [0.5, 0.6) is 5.88 Å². The van der Waals surface area contributed by atoms with Gasteiger partial charge >= 0.3 is 0 Å². The average Bonchev–Trinajstić information content (AvgIpc) is 2.60. The lowest BCUT2D eigenvalue weighted by atomic mass is 10.2. The summed E-state index contributed by atoms with van der Waals surface area (Å²) >= 11 is 0. The van der Waals surface area contributed by atoms with Crippen molar-refractivity contribution in [2.24, 2.45) is 0 Å². The predicted molar refractivity (Wildman–Crippen MR) is 86.0 cm³/mol. The highest BCUT2D eigenvalue weighted by Crippen LogP contribution is 2.13. The normalized spacial score (nSPS) is 9.96. The highest BCUT2D eigenvalue weighted by molar-refractivity contribution is 5.96. The third kappa shape index (κ3) is 5.10. The van der Waals surface area contributed by atoms with Gasteiger partial charge in [0.25, 0.3) is 5.91 Å². The summed E-state index contributed by atoms with van der Waals surface area (Å²) in [4.78, 5) is 27.8. The first-order chi connectivity index (χ1) is 11.2. The Hall–Kier alpha value is -2.89. The van der Waals surface area contributed by atoms with Crippen LogP contribution >= 0.6 is 0 Å². The van der Waals surface area contributed by atoms with Gasteiger partial charge in [0, 0.05) is 23.9 Å². The number of ether oxygens (including phenoxy) is 1. The highest BCUT2D eigenvalue weighted by Gasteiger charge is 2.09. The molecule has 23 heavy (non-hydrogen) atoms. The number of nitrogens with zero attached hydrogens (tertiary/aromatic N) is 1. The van der Waals surface area contributed by atoms with Gasteiger partial charge in [-0.15, -0.1) is 0 Å². The molecule has 2 amide bonds. The van der Waals surface area contributed by atoms with Crippen molar-refractivity contribution in [1.82, 2.24) is 15.6 Å². The maximum Gasteiger partial charge on any atom is 0.251 e. The number of carbonyl (C=O) groups is 2. The van der Waals surface area contributed by atoms with Crippen LogP contribution in [0.4, 0.5) is 0 Å². The molecule has 6 heteroatoms. The maximum absolute atomic E-state index is 11.8. The second kappa shape index (κ2) is 8.53. The fourth-order valence-electron chi connectivity index (χ4n) is 1.93. The second-order valence-electron chi connectivity index (χ2n) is 4.73. The number of pyridine rings is 1. The minimum absolute atomic E-state index is 0.0854. The third-order valence-electron chi connectivity index (χ3n) is 3.05. The summed E-state index contributed by atoms with van der Waals surface area (Å²) in [5.41, 5.74) is 1.31. The van der Waals surface area contributed by atoms with E-state index < -0.39 is 0 Å². The van der Waals surface area contributed by atoms with Crippen molar-refractivity contribution >= 4 is 11.8 Å². The van der Waals surface area contributed by atoms with Crippen molar-refractivity contribution in [2.75, 3.05) is 13.2 Å². The van der Waals surface area contributed by atoms with E-state index in [0.29, 0.717) is 24.6 Å². The summed E-state index contributed by atoms with van der Waals surface area (Å²) in [5, 5.41) is 5.31. The van der Waals surface area contributed by atoms with Gasteiger partial charge in [0.2, 0.25) is 11.8 Å². The molecule has 1 aromatic heterocycles. The van der Waals surface area contributed by atoms with Gasteiger partial charge in [0.1, 0.15) is 0 Å². The van der Waals surface area contributed by atoms with Crippen molar-refractivity contribution < 1.29 is 14.3 Å².